The number of hydrogen-bond donors (Lipinski definition) is 0. The lowest BCUT2D eigenvalue weighted by molar-refractivity contribution is -0.384. The smallest absolute Gasteiger partial charge is 0.269 e. The van der Waals surface area contributed by atoms with Crippen LogP contribution in [0.25, 0.3) is 11.3 Å². The van der Waals surface area contributed by atoms with Crippen LogP contribution in [-0.2, 0) is 5.75 Å². The second kappa shape index (κ2) is 6.44. The van der Waals surface area contributed by atoms with Crippen LogP contribution in [-0.4, -0.2) is 10.1 Å². The molecule has 1 aromatic heterocycles. The Balaban J connectivity index is 1.78. The zero-order valence-corrected chi connectivity index (χ0v) is 12.3. The predicted molar refractivity (Wildman–Crippen MR) is 84.6 cm³/mol. The molecular weight excluding hydrogens is 300 g/mol. The molecule has 0 N–H and O–H groups in total. The summed E-state index contributed by atoms with van der Waals surface area (Å²) >= 11 is 1.69. The Hall–Kier alpha value is -2.60. The molecule has 5 nitrogen and oxygen atoms in total. The third-order valence-corrected chi connectivity index (χ3v) is 4.19. The van der Waals surface area contributed by atoms with Crippen LogP contribution in [0.2, 0.25) is 0 Å². The largest absolute Gasteiger partial charge is 0.364 e. The lowest BCUT2D eigenvalue weighted by Crippen LogP contribution is -1.89. The van der Waals surface area contributed by atoms with Crippen LogP contribution in [0.3, 0.4) is 0 Å². The number of nitro groups is 1. The van der Waals surface area contributed by atoms with Gasteiger partial charge >= 0.3 is 0 Å². The number of non-ortho nitro benzene ring substituents is 1. The first kappa shape index (κ1) is 14.3. The molecule has 0 saturated heterocycles. The zero-order valence-electron chi connectivity index (χ0n) is 11.5. The Kier molecular flexibility index (Phi) is 4.20. The van der Waals surface area contributed by atoms with Gasteiger partial charge in [-0.15, -0.1) is 11.8 Å². The van der Waals surface area contributed by atoms with Crippen molar-refractivity contribution < 1.29 is 9.45 Å². The number of hydrogen-bond acceptors (Lipinski definition) is 5. The first-order valence-electron chi connectivity index (χ1n) is 6.60. The van der Waals surface area contributed by atoms with Gasteiger partial charge in [0.05, 0.1) is 4.92 Å². The van der Waals surface area contributed by atoms with Crippen molar-refractivity contribution in [2.75, 3.05) is 0 Å². The van der Waals surface area contributed by atoms with E-state index in [2.05, 4.69) is 5.16 Å². The Bertz CT molecular complexity index is 770. The molecule has 3 rings (SSSR count). The molecule has 3 aromatic rings. The summed E-state index contributed by atoms with van der Waals surface area (Å²) in [6.45, 7) is 0. The molecule has 0 atom stereocenters. The third-order valence-electron chi connectivity index (χ3n) is 3.13. The molecule has 0 unspecified atom stereocenters. The fraction of sp³-hybridized carbons (Fsp3) is 0.0625. The number of nitrogens with zero attached hydrogens (tertiary/aromatic N) is 2. The number of benzene rings is 2. The first-order chi connectivity index (χ1) is 10.7. The SMILES string of the molecule is O=[N+]([O-])c1ccc(-c2nocc2CSc2ccccc2)cc1. The van der Waals surface area contributed by atoms with Crippen molar-refractivity contribution in [2.24, 2.45) is 0 Å². The number of nitro benzene ring substituents is 1. The molecule has 110 valence electrons. The van der Waals surface area contributed by atoms with E-state index in [9.17, 15) is 10.1 Å². The predicted octanol–water partition coefficient (Wildman–Crippen LogP) is 4.54. The van der Waals surface area contributed by atoms with E-state index in [1.54, 1.807) is 30.2 Å². The summed E-state index contributed by atoms with van der Waals surface area (Å²) in [6, 6.07) is 16.4. The molecule has 0 amide bonds. The van der Waals surface area contributed by atoms with Crippen molar-refractivity contribution in [3.05, 3.63) is 76.5 Å². The molecule has 2 aromatic carbocycles. The van der Waals surface area contributed by atoms with Crippen molar-refractivity contribution in [3.8, 4) is 11.3 Å². The van der Waals surface area contributed by atoms with Crippen molar-refractivity contribution in [2.45, 2.75) is 10.6 Å². The zero-order chi connectivity index (χ0) is 15.4. The van der Waals surface area contributed by atoms with Crippen LogP contribution < -0.4 is 0 Å². The summed E-state index contributed by atoms with van der Waals surface area (Å²) in [4.78, 5) is 11.4. The van der Waals surface area contributed by atoms with Crippen LogP contribution in [0.4, 0.5) is 5.69 Å². The first-order valence-corrected chi connectivity index (χ1v) is 7.58. The lowest BCUT2D eigenvalue weighted by atomic mass is 10.1. The minimum atomic E-state index is -0.418. The maximum atomic E-state index is 10.7. The number of rotatable bonds is 5. The molecule has 0 radical (unpaired) electrons. The van der Waals surface area contributed by atoms with E-state index in [0.29, 0.717) is 0 Å². The van der Waals surface area contributed by atoms with E-state index in [1.165, 1.54) is 17.0 Å². The number of aromatic nitrogens is 1. The molecule has 0 aliphatic heterocycles. The quantitative estimate of drug-likeness (QED) is 0.393. The van der Waals surface area contributed by atoms with E-state index >= 15 is 0 Å². The van der Waals surface area contributed by atoms with Gasteiger partial charge in [0.2, 0.25) is 0 Å². The topological polar surface area (TPSA) is 69.2 Å². The highest BCUT2D eigenvalue weighted by Gasteiger charge is 2.12. The molecule has 0 spiro atoms. The van der Waals surface area contributed by atoms with E-state index in [4.69, 9.17) is 4.52 Å². The van der Waals surface area contributed by atoms with Gasteiger partial charge in [0, 0.05) is 33.9 Å². The Morgan fingerprint density at radius 2 is 1.82 bits per heavy atom. The van der Waals surface area contributed by atoms with Crippen LogP contribution >= 0.6 is 11.8 Å². The summed E-state index contributed by atoms with van der Waals surface area (Å²) in [5.74, 6) is 0.722. The van der Waals surface area contributed by atoms with Gasteiger partial charge in [0.1, 0.15) is 12.0 Å². The highest BCUT2D eigenvalue weighted by molar-refractivity contribution is 7.98. The molecular formula is C16H12N2O3S. The average molecular weight is 312 g/mol. The molecule has 0 aliphatic rings. The lowest BCUT2D eigenvalue weighted by Gasteiger charge is -2.02. The Morgan fingerprint density at radius 1 is 1.09 bits per heavy atom. The van der Waals surface area contributed by atoms with Crippen molar-refractivity contribution in [3.63, 3.8) is 0 Å². The third kappa shape index (κ3) is 3.17. The van der Waals surface area contributed by atoms with Gasteiger partial charge in [0.15, 0.2) is 0 Å². The van der Waals surface area contributed by atoms with Crippen LogP contribution in [0, 0.1) is 10.1 Å². The summed E-state index contributed by atoms with van der Waals surface area (Å²) in [5, 5.41) is 14.7. The molecule has 0 saturated carbocycles. The summed E-state index contributed by atoms with van der Waals surface area (Å²) in [6.07, 6.45) is 1.62. The standard InChI is InChI=1S/C16H12N2O3S/c19-18(20)14-8-6-12(7-9-14)16-13(10-21-17-16)11-22-15-4-2-1-3-5-15/h1-10H,11H2. The highest BCUT2D eigenvalue weighted by atomic mass is 32.2. The van der Waals surface area contributed by atoms with Gasteiger partial charge in [-0.05, 0) is 24.3 Å². The fourth-order valence-corrected chi connectivity index (χ4v) is 2.89. The van der Waals surface area contributed by atoms with E-state index in [-0.39, 0.29) is 5.69 Å². The minimum Gasteiger partial charge on any atom is -0.364 e. The van der Waals surface area contributed by atoms with Gasteiger partial charge in [0.25, 0.3) is 5.69 Å². The van der Waals surface area contributed by atoms with Crippen LogP contribution in [0.5, 0.6) is 0 Å². The van der Waals surface area contributed by atoms with Gasteiger partial charge in [-0.25, -0.2) is 0 Å². The van der Waals surface area contributed by atoms with Crippen molar-refractivity contribution in [1.29, 1.82) is 0 Å². The monoisotopic (exact) mass is 312 g/mol. The van der Waals surface area contributed by atoms with Gasteiger partial charge < -0.3 is 4.52 Å². The van der Waals surface area contributed by atoms with E-state index in [1.807, 2.05) is 30.3 Å². The van der Waals surface area contributed by atoms with Crippen LogP contribution in [0.15, 0.2) is 70.3 Å². The molecule has 22 heavy (non-hydrogen) atoms. The highest BCUT2D eigenvalue weighted by Crippen LogP contribution is 2.29. The second-order valence-electron chi connectivity index (χ2n) is 4.59. The molecule has 0 aliphatic carbocycles. The summed E-state index contributed by atoms with van der Waals surface area (Å²) in [5.41, 5.74) is 2.55. The van der Waals surface area contributed by atoms with Crippen molar-refractivity contribution in [1.82, 2.24) is 5.16 Å². The van der Waals surface area contributed by atoms with Crippen LogP contribution in [0.1, 0.15) is 5.56 Å². The van der Waals surface area contributed by atoms with E-state index in [0.717, 1.165) is 22.6 Å². The maximum Gasteiger partial charge on any atom is 0.269 e. The molecule has 0 fully saturated rings. The normalized spacial score (nSPS) is 10.5. The van der Waals surface area contributed by atoms with E-state index < -0.39 is 4.92 Å². The second-order valence-corrected chi connectivity index (χ2v) is 5.64. The molecule has 6 heteroatoms. The molecule has 1 heterocycles. The van der Waals surface area contributed by atoms with Gasteiger partial charge in [-0.2, -0.15) is 0 Å². The summed E-state index contributed by atoms with van der Waals surface area (Å²) in [7, 11) is 0. The maximum absolute atomic E-state index is 10.7. The fourth-order valence-electron chi connectivity index (χ4n) is 2.02. The molecule has 0 bridgehead atoms. The van der Waals surface area contributed by atoms with Crippen molar-refractivity contribution >= 4 is 17.4 Å². The van der Waals surface area contributed by atoms with Gasteiger partial charge in [-0.3, -0.25) is 10.1 Å². The average Bonchev–Trinajstić information content (AvgIpc) is 3.02. The number of thioether (sulfide) groups is 1. The Morgan fingerprint density at radius 3 is 2.50 bits per heavy atom. The summed E-state index contributed by atoms with van der Waals surface area (Å²) < 4.78 is 5.07. The van der Waals surface area contributed by atoms with Gasteiger partial charge in [-0.1, -0.05) is 23.4 Å². The Labute approximate surface area is 131 Å². The minimum absolute atomic E-state index is 0.0625.